The number of benzene rings is 1. The molecule has 1 aromatic heterocycles. The second-order valence-corrected chi connectivity index (χ2v) is 4.52. The summed E-state index contributed by atoms with van der Waals surface area (Å²) in [4.78, 5) is 11.3. The van der Waals surface area contributed by atoms with E-state index in [1.165, 1.54) is 0 Å². The van der Waals surface area contributed by atoms with Gasteiger partial charge in [0.05, 0.1) is 24.3 Å². The number of carbonyl (C=O) groups is 1. The summed E-state index contributed by atoms with van der Waals surface area (Å²) in [5.74, 6) is 0.0168. The molecule has 19 heavy (non-hydrogen) atoms. The third kappa shape index (κ3) is 2.37. The van der Waals surface area contributed by atoms with Gasteiger partial charge in [-0.25, -0.2) is 0 Å². The molecule has 6 heteroatoms. The summed E-state index contributed by atoms with van der Waals surface area (Å²) in [5, 5.41) is 10.2. The van der Waals surface area contributed by atoms with E-state index >= 15 is 0 Å². The third-order valence-electron chi connectivity index (χ3n) is 3.12. The Labute approximate surface area is 110 Å². The summed E-state index contributed by atoms with van der Waals surface area (Å²) < 4.78 is 1.85. The molecule has 3 rings (SSSR count). The summed E-state index contributed by atoms with van der Waals surface area (Å²) in [6.07, 6.45) is 4.07. The molecule has 1 aromatic carbocycles. The van der Waals surface area contributed by atoms with Gasteiger partial charge in [0.15, 0.2) is 0 Å². The normalized spacial score (nSPS) is 13.2. The van der Waals surface area contributed by atoms with Crippen LogP contribution in [0.4, 0.5) is 17.1 Å². The fourth-order valence-corrected chi connectivity index (χ4v) is 2.18. The van der Waals surface area contributed by atoms with Gasteiger partial charge in [0.25, 0.3) is 0 Å². The summed E-state index contributed by atoms with van der Waals surface area (Å²) in [5.41, 5.74) is 9.28. The molecule has 1 amide bonds. The number of nitrogens with one attached hydrogen (secondary N) is 2. The predicted molar refractivity (Wildman–Crippen MR) is 73.9 cm³/mol. The average Bonchev–Trinajstić information content (AvgIpc) is 2.98. The highest BCUT2D eigenvalue weighted by Crippen LogP contribution is 2.31. The van der Waals surface area contributed by atoms with Crippen LogP contribution < -0.4 is 16.4 Å². The largest absolute Gasteiger partial charge is 0.397 e. The lowest BCUT2D eigenvalue weighted by molar-refractivity contribution is -0.115. The van der Waals surface area contributed by atoms with Gasteiger partial charge >= 0.3 is 0 Å². The summed E-state index contributed by atoms with van der Waals surface area (Å²) in [7, 11) is 0. The Balaban J connectivity index is 1.68. The van der Waals surface area contributed by atoms with Crippen molar-refractivity contribution in [1.29, 1.82) is 0 Å². The fraction of sp³-hybridized carbons (Fsp3) is 0.231. The maximum atomic E-state index is 11.3. The van der Waals surface area contributed by atoms with E-state index in [1.807, 2.05) is 29.1 Å². The molecule has 2 aromatic rings. The zero-order chi connectivity index (χ0) is 13.2. The Bertz CT molecular complexity index is 606. The Morgan fingerprint density at radius 1 is 1.47 bits per heavy atom. The first-order valence-corrected chi connectivity index (χ1v) is 6.16. The minimum absolute atomic E-state index is 0.0168. The van der Waals surface area contributed by atoms with Gasteiger partial charge in [-0.15, -0.1) is 0 Å². The number of hydrogen-bond acceptors (Lipinski definition) is 4. The van der Waals surface area contributed by atoms with E-state index < -0.39 is 0 Å². The van der Waals surface area contributed by atoms with E-state index in [4.69, 9.17) is 5.73 Å². The maximum absolute atomic E-state index is 11.3. The minimum Gasteiger partial charge on any atom is -0.397 e. The zero-order valence-corrected chi connectivity index (χ0v) is 10.4. The average molecular weight is 257 g/mol. The van der Waals surface area contributed by atoms with Gasteiger partial charge in [0.1, 0.15) is 0 Å². The molecular formula is C13H15N5O. The van der Waals surface area contributed by atoms with Crippen LogP contribution in [0.3, 0.4) is 0 Å². The lowest BCUT2D eigenvalue weighted by Gasteiger charge is -2.11. The molecule has 0 spiro atoms. The van der Waals surface area contributed by atoms with Crippen LogP contribution in [0, 0.1) is 0 Å². The van der Waals surface area contributed by atoms with Crippen LogP contribution in [0.5, 0.6) is 0 Å². The second kappa shape index (κ2) is 4.64. The fourth-order valence-electron chi connectivity index (χ4n) is 2.18. The Morgan fingerprint density at radius 3 is 3.16 bits per heavy atom. The molecule has 0 unspecified atom stereocenters. The molecular weight excluding hydrogens is 242 g/mol. The van der Waals surface area contributed by atoms with Gasteiger partial charge in [-0.2, -0.15) is 5.10 Å². The topological polar surface area (TPSA) is 85.0 Å². The monoisotopic (exact) mass is 257 g/mol. The number of fused-ring (bicyclic) bond motifs is 1. The molecule has 2 heterocycles. The number of anilines is 3. The molecule has 0 radical (unpaired) electrons. The SMILES string of the molecule is Nc1cc2c(cc1NCCn1cccn1)NC(=O)C2. The van der Waals surface area contributed by atoms with Crippen molar-refractivity contribution in [2.75, 3.05) is 22.9 Å². The van der Waals surface area contributed by atoms with Crippen LogP contribution in [-0.2, 0) is 17.8 Å². The van der Waals surface area contributed by atoms with Gasteiger partial charge in [-0.3, -0.25) is 9.48 Å². The van der Waals surface area contributed by atoms with E-state index in [0.29, 0.717) is 12.1 Å². The molecule has 0 atom stereocenters. The maximum Gasteiger partial charge on any atom is 0.228 e. The molecule has 0 aliphatic carbocycles. The second-order valence-electron chi connectivity index (χ2n) is 4.52. The van der Waals surface area contributed by atoms with Crippen LogP contribution in [0.25, 0.3) is 0 Å². The van der Waals surface area contributed by atoms with Crippen molar-refractivity contribution in [3.63, 3.8) is 0 Å². The van der Waals surface area contributed by atoms with E-state index in [9.17, 15) is 4.79 Å². The zero-order valence-electron chi connectivity index (χ0n) is 10.4. The number of nitrogen functional groups attached to an aromatic ring is 1. The van der Waals surface area contributed by atoms with Crippen LogP contribution in [0.2, 0.25) is 0 Å². The standard InChI is InChI=1S/C13H15N5O/c14-10-6-9-7-13(19)17-11(9)8-12(10)15-3-5-18-4-1-2-16-18/h1-2,4,6,8,15H,3,5,7,14H2,(H,17,19). The molecule has 0 saturated carbocycles. The van der Waals surface area contributed by atoms with Crippen LogP contribution in [-0.4, -0.2) is 22.2 Å². The number of rotatable bonds is 4. The van der Waals surface area contributed by atoms with Crippen LogP contribution >= 0.6 is 0 Å². The Hall–Kier alpha value is -2.50. The van der Waals surface area contributed by atoms with Gasteiger partial charge in [-0.1, -0.05) is 0 Å². The number of amides is 1. The third-order valence-corrected chi connectivity index (χ3v) is 3.12. The lowest BCUT2D eigenvalue weighted by Crippen LogP contribution is -2.12. The van der Waals surface area contributed by atoms with E-state index in [2.05, 4.69) is 15.7 Å². The molecule has 4 N–H and O–H groups in total. The number of hydrogen-bond donors (Lipinski definition) is 3. The Kier molecular flexibility index (Phi) is 2.83. The molecule has 0 saturated heterocycles. The van der Waals surface area contributed by atoms with Crippen LogP contribution in [0.15, 0.2) is 30.6 Å². The van der Waals surface area contributed by atoms with Crippen molar-refractivity contribution < 1.29 is 4.79 Å². The van der Waals surface area contributed by atoms with Crippen molar-refractivity contribution in [2.24, 2.45) is 0 Å². The minimum atomic E-state index is 0.0168. The first-order valence-electron chi connectivity index (χ1n) is 6.16. The molecule has 98 valence electrons. The van der Waals surface area contributed by atoms with Crippen LogP contribution in [0.1, 0.15) is 5.56 Å². The Morgan fingerprint density at radius 2 is 2.37 bits per heavy atom. The number of aromatic nitrogens is 2. The number of nitrogens with two attached hydrogens (primary N) is 1. The highest BCUT2D eigenvalue weighted by atomic mass is 16.1. The van der Waals surface area contributed by atoms with Gasteiger partial charge in [0.2, 0.25) is 5.91 Å². The summed E-state index contributed by atoms with van der Waals surface area (Å²) in [6.45, 7) is 1.48. The van der Waals surface area contributed by atoms with Crippen molar-refractivity contribution in [2.45, 2.75) is 13.0 Å². The van der Waals surface area contributed by atoms with Crippen molar-refractivity contribution in [3.05, 3.63) is 36.2 Å². The number of nitrogens with zero attached hydrogens (tertiary/aromatic N) is 2. The molecule has 1 aliphatic rings. The summed E-state index contributed by atoms with van der Waals surface area (Å²) in [6, 6.07) is 5.63. The number of carbonyl (C=O) groups excluding carboxylic acids is 1. The van der Waals surface area contributed by atoms with Crippen molar-refractivity contribution in [1.82, 2.24) is 9.78 Å². The first-order chi connectivity index (χ1) is 9.22. The first kappa shape index (κ1) is 11.6. The summed E-state index contributed by atoms with van der Waals surface area (Å²) >= 11 is 0. The van der Waals surface area contributed by atoms with E-state index in [1.54, 1.807) is 6.20 Å². The quantitative estimate of drug-likeness (QED) is 0.715. The predicted octanol–water partition coefficient (Wildman–Crippen LogP) is 1.07. The molecule has 1 aliphatic heterocycles. The smallest absolute Gasteiger partial charge is 0.228 e. The lowest BCUT2D eigenvalue weighted by atomic mass is 10.1. The van der Waals surface area contributed by atoms with Gasteiger partial charge in [-0.05, 0) is 23.8 Å². The van der Waals surface area contributed by atoms with Gasteiger partial charge in [0, 0.05) is 24.6 Å². The van der Waals surface area contributed by atoms with Gasteiger partial charge < -0.3 is 16.4 Å². The molecule has 0 fully saturated rings. The van der Waals surface area contributed by atoms with Crippen molar-refractivity contribution >= 4 is 23.0 Å². The molecule has 0 bridgehead atoms. The van der Waals surface area contributed by atoms with Crippen molar-refractivity contribution in [3.8, 4) is 0 Å². The highest BCUT2D eigenvalue weighted by molar-refractivity contribution is 6.00. The molecule has 6 nitrogen and oxygen atoms in total. The highest BCUT2D eigenvalue weighted by Gasteiger charge is 2.19. The van der Waals surface area contributed by atoms with E-state index in [0.717, 1.165) is 30.0 Å². The van der Waals surface area contributed by atoms with E-state index in [-0.39, 0.29) is 5.91 Å².